The van der Waals surface area contributed by atoms with Crippen molar-refractivity contribution in [1.82, 2.24) is 14.9 Å². The van der Waals surface area contributed by atoms with Crippen LogP contribution in [0.15, 0.2) is 6.07 Å². The van der Waals surface area contributed by atoms with Crippen molar-refractivity contribution in [2.75, 3.05) is 18.8 Å². The van der Waals surface area contributed by atoms with Crippen LogP contribution in [0.25, 0.3) is 0 Å². The molecule has 17 heavy (non-hydrogen) atoms. The van der Waals surface area contributed by atoms with Gasteiger partial charge in [0.15, 0.2) is 0 Å². The Morgan fingerprint density at radius 3 is 2.53 bits per heavy atom. The smallest absolute Gasteiger partial charge is 0.144 e. The van der Waals surface area contributed by atoms with Gasteiger partial charge in [-0.25, -0.2) is 9.97 Å². The third-order valence-electron chi connectivity index (χ3n) is 3.23. The Hall–Kier alpha value is -1.16. The number of aryl methyl sites for hydroxylation is 1. The summed E-state index contributed by atoms with van der Waals surface area (Å²) in [5.41, 5.74) is 6.70. The highest BCUT2D eigenvalue weighted by Crippen LogP contribution is 2.21. The van der Waals surface area contributed by atoms with Crippen molar-refractivity contribution in [3.63, 3.8) is 0 Å². The van der Waals surface area contributed by atoms with Crippen molar-refractivity contribution >= 4 is 5.82 Å². The number of nitrogen functional groups attached to an aromatic ring is 1. The van der Waals surface area contributed by atoms with E-state index >= 15 is 0 Å². The van der Waals surface area contributed by atoms with Gasteiger partial charge >= 0.3 is 0 Å². The highest BCUT2D eigenvalue weighted by Gasteiger charge is 2.22. The van der Waals surface area contributed by atoms with E-state index in [-0.39, 0.29) is 0 Å². The first-order valence-electron chi connectivity index (χ1n) is 6.35. The minimum atomic E-state index is 0.575. The van der Waals surface area contributed by atoms with Crippen LogP contribution in [-0.4, -0.2) is 28.0 Å². The first-order valence-corrected chi connectivity index (χ1v) is 6.35. The van der Waals surface area contributed by atoms with Gasteiger partial charge in [-0.15, -0.1) is 0 Å². The maximum absolute atomic E-state index is 5.75. The summed E-state index contributed by atoms with van der Waals surface area (Å²) in [5, 5.41) is 0. The molecule has 1 saturated heterocycles. The van der Waals surface area contributed by atoms with Gasteiger partial charge in [-0.05, 0) is 25.2 Å². The van der Waals surface area contributed by atoms with E-state index in [0.717, 1.165) is 43.0 Å². The SMILES string of the molecule is Cc1cc(N)nc(CN2CC(C)CC(C)C2)n1. The molecule has 0 spiro atoms. The van der Waals surface area contributed by atoms with E-state index in [9.17, 15) is 0 Å². The number of piperidine rings is 1. The zero-order chi connectivity index (χ0) is 12.4. The lowest BCUT2D eigenvalue weighted by Crippen LogP contribution is -2.38. The van der Waals surface area contributed by atoms with Gasteiger partial charge in [0.25, 0.3) is 0 Å². The van der Waals surface area contributed by atoms with Gasteiger partial charge in [-0.2, -0.15) is 0 Å². The van der Waals surface area contributed by atoms with Crippen LogP contribution in [0.3, 0.4) is 0 Å². The van der Waals surface area contributed by atoms with E-state index in [0.29, 0.717) is 5.82 Å². The first kappa shape index (κ1) is 12.3. The molecule has 0 amide bonds. The molecule has 4 heteroatoms. The summed E-state index contributed by atoms with van der Waals surface area (Å²) in [6.45, 7) is 9.69. The fourth-order valence-electron chi connectivity index (χ4n) is 2.85. The van der Waals surface area contributed by atoms with Gasteiger partial charge in [-0.1, -0.05) is 13.8 Å². The molecule has 0 aliphatic carbocycles. The number of aromatic nitrogens is 2. The van der Waals surface area contributed by atoms with Crippen molar-refractivity contribution in [1.29, 1.82) is 0 Å². The molecule has 1 aliphatic rings. The van der Waals surface area contributed by atoms with Crippen LogP contribution in [-0.2, 0) is 6.54 Å². The molecule has 1 aliphatic heterocycles. The number of likely N-dealkylation sites (tertiary alicyclic amines) is 1. The number of anilines is 1. The lowest BCUT2D eigenvalue weighted by molar-refractivity contribution is 0.131. The Morgan fingerprint density at radius 2 is 1.94 bits per heavy atom. The largest absolute Gasteiger partial charge is 0.384 e. The van der Waals surface area contributed by atoms with Crippen molar-refractivity contribution in [2.24, 2.45) is 11.8 Å². The van der Waals surface area contributed by atoms with Crippen LogP contribution in [0.1, 0.15) is 31.8 Å². The Morgan fingerprint density at radius 1 is 1.29 bits per heavy atom. The maximum Gasteiger partial charge on any atom is 0.144 e. The van der Waals surface area contributed by atoms with E-state index in [1.54, 1.807) is 0 Å². The second kappa shape index (κ2) is 5.00. The summed E-state index contributed by atoms with van der Waals surface area (Å²) in [6.07, 6.45) is 1.33. The number of hydrogen-bond donors (Lipinski definition) is 1. The van der Waals surface area contributed by atoms with E-state index in [2.05, 4.69) is 28.7 Å². The molecule has 2 heterocycles. The molecule has 2 N–H and O–H groups in total. The fraction of sp³-hybridized carbons (Fsp3) is 0.692. The summed E-state index contributed by atoms with van der Waals surface area (Å²) in [5.74, 6) is 2.95. The zero-order valence-electron chi connectivity index (χ0n) is 11.0. The summed E-state index contributed by atoms with van der Waals surface area (Å²) in [4.78, 5) is 11.2. The fourth-order valence-corrected chi connectivity index (χ4v) is 2.85. The summed E-state index contributed by atoms with van der Waals surface area (Å²) < 4.78 is 0. The standard InChI is InChI=1S/C13H22N4/c1-9-4-10(2)7-17(6-9)8-13-15-11(3)5-12(14)16-13/h5,9-10H,4,6-8H2,1-3H3,(H2,14,15,16). The summed E-state index contributed by atoms with van der Waals surface area (Å²) in [6, 6.07) is 1.81. The molecular formula is C13H22N4. The molecule has 94 valence electrons. The quantitative estimate of drug-likeness (QED) is 0.848. The molecule has 2 rings (SSSR count). The number of nitrogens with two attached hydrogens (primary N) is 1. The topological polar surface area (TPSA) is 55.0 Å². The number of rotatable bonds is 2. The van der Waals surface area contributed by atoms with Gasteiger partial charge < -0.3 is 5.73 Å². The molecule has 2 atom stereocenters. The van der Waals surface area contributed by atoms with Gasteiger partial charge in [-0.3, -0.25) is 4.90 Å². The Bertz CT molecular complexity index is 361. The highest BCUT2D eigenvalue weighted by molar-refractivity contribution is 5.29. The highest BCUT2D eigenvalue weighted by atomic mass is 15.2. The molecule has 4 nitrogen and oxygen atoms in total. The maximum atomic E-state index is 5.75. The van der Waals surface area contributed by atoms with Crippen molar-refractivity contribution in [3.8, 4) is 0 Å². The lowest BCUT2D eigenvalue weighted by atomic mass is 9.92. The third kappa shape index (κ3) is 3.40. The molecule has 0 bridgehead atoms. The van der Waals surface area contributed by atoms with E-state index in [1.165, 1.54) is 6.42 Å². The number of hydrogen-bond acceptors (Lipinski definition) is 4. The molecule has 1 aromatic rings. The summed E-state index contributed by atoms with van der Waals surface area (Å²) in [7, 11) is 0. The average molecular weight is 234 g/mol. The second-order valence-electron chi connectivity index (χ2n) is 5.49. The molecule has 0 radical (unpaired) electrons. The van der Waals surface area contributed by atoms with Crippen molar-refractivity contribution in [3.05, 3.63) is 17.6 Å². The van der Waals surface area contributed by atoms with Crippen molar-refractivity contribution in [2.45, 2.75) is 33.7 Å². The molecule has 0 saturated carbocycles. The van der Waals surface area contributed by atoms with Gasteiger partial charge in [0.05, 0.1) is 6.54 Å². The van der Waals surface area contributed by atoms with Crippen LogP contribution >= 0.6 is 0 Å². The molecule has 1 aromatic heterocycles. The monoisotopic (exact) mass is 234 g/mol. The number of nitrogens with zero attached hydrogens (tertiary/aromatic N) is 3. The average Bonchev–Trinajstić information content (AvgIpc) is 2.13. The van der Waals surface area contributed by atoms with E-state index in [1.807, 2.05) is 13.0 Å². The third-order valence-corrected chi connectivity index (χ3v) is 3.23. The minimum absolute atomic E-state index is 0.575. The molecule has 2 unspecified atom stereocenters. The predicted octanol–water partition coefficient (Wildman–Crippen LogP) is 1.85. The normalized spacial score (nSPS) is 26.1. The summed E-state index contributed by atoms with van der Waals surface area (Å²) >= 11 is 0. The van der Waals surface area contributed by atoms with Crippen LogP contribution in [0, 0.1) is 18.8 Å². The molecular weight excluding hydrogens is 212 g/mol. The van der Waals surface area contributed by atoms with Gasteiger partial charge in [0, 0.05) is 24.8 Å². The van der Waals surface area contributed by atoms with Crippen molar-refractivity contribution < 1.29 is 0 Å². The van der Waals surface area contributed by atoms with Gasteiger partial charge in [0.1, 0.15) is 11.6 Å². The zero-order valence-corrected chi connectivity index (χ0v) is 11.0. The lowest BCUT2D eigenvalue weighted by Gasteiger charge is -2.34. The van der Waals surface area contributed by atoms with E-state index in [4.69, 9.17) is 5.73 Å². The van der Waals surface area contributed by atoms with Crippen LogP contribution in [0.4, 0.5) is 5.82 Å². The predicted molar refractivity (Wildman–Crippen MR) is 69.4 cm³/mol. The van der Waals surface area contributed by atoms with Gasteiger partial charge in [0.2, 0.25) is 0 Å². The van der Waals surface area contributed by atoms with Crippen LogP contribution < -0.4 is 5.73 Å². The first-order chi connectivity index (χ1) is 8.02. The second-order valence-corrected chi connectivity index (χ2v) is 5.49. The Kier molecular flexibility index (Phi) is 3.62. The van der Waals surface area contributed by atoms with E-state index < -0.39 is 0 Å². The van der Waals surface area contributed by atoms with Crippen LogP contribution in [0.5, 0.6) is 0 Å². The van der Waals surface area contributed by atoms with Crippen LogP contribution in [0.2, 0.25) is 0 Å². The molecule has 1 fully saturated rings. The Balaban J connectivity index is 2.04. The Labute approximate surface area is 103 Å². The minimum Gasteiger partial charge on any atom is -0.384 e. The molecule has 0 aromatic carbocycles.